The highest BCUT2D eigenvalue weighted by molar-refractivity contribution is 9.10. The van der Waals surface area contributed by atoms with E-state index in [1.54, 1.807) is 12.1 Å². The molecule has 84 valence electrons. The lowest BCUT2D eigenvalue weighted by molar-refractivity contribution is 0.187. The van der Waals surface area contributed by atoms with Gasteiger partial charge in [-0.15, -0.1) is 0 Å². The molecule has 0 spiro atoms. The van der Waals surface area contributed by atoms with Crippen LogP contribution in [-0.4, -0.2) is 5.11 Å². The normalized spacial score (nSPS) is 12.7. The molecule has 0 amide bonds. The summed E-state index contributed by atoms with van der Waals surface area (Å²) in [5.74, 6) is 0.556. The van der Waals surface area contributed by atoms with Crippen LogP contribution in [-0.2, 0) is 6.42 Å². The maximum Gasteiger partial charge on any atom is 0.169 e. The Bertz CT molecular complexity index is 476. The number of rotatable bonds is 3. The van der Waals surface area contributed by atoms with E-state index in [0.29, 0.717) is 10.4 Å². The maximum absolute atomic E-state index is 10.1. The minimum absolute atomic E-state index is 0.556. The van der Waals surface area contributed by atoms with Crippen molar-refractivity contribution in [2.75, 3.05) is 0 Å². The number of benzene rings is 1. The Kier molecular flexibility index (Phi) is 3.46. The van der Waals surface area contributed by atoms with Gasteiger partial charge in [0.1, 0.15) is 11.9 Å². The molecule has 0 aliphatic rings. The lowest BCUT2D eigenvalue weighted by atomic mass is 10.0. The molecule has 2 aromatic rings. The molecule has 1 unspecified atom stereocenters. The zero-order valence-corrected chi connectivity index (χ0v) is 10.6. The molecule has 2 rings (SSSR count). The van der Waals surface area contributed by atoms with Crippen LogP contribution in [0.25, 0.3) is 0 Å². The van der Waals surface area contributed by atoms with Gasteiger partial charge in [-0.05, 0) is 45.6 Å². The van der Waals surface area contributed by atoms with Crippen LogP contribution in [0.5, 0.6) is 0 Å². The Morgan fingerprint density at radius 2 is 2.12 bits per heavy atom. The van der Waals surface area contributed by atoms with E-state index in [2.05, 4.69) is 22.9 Å². The fraction of sp³-hybridized carbons (Fsp3) is 0.231. The number of aliphatic hydroxyl groups is 1. The van der Waals surface area contributed by atoms with Gasteiger partial charge in [0.15, 0.2) is 4.67 Å². The van der Waals surface area contributed by atoms with Gasteiger partial charge in [-0.2, -0.15) is 0 Å². The van der Waals surface area contributed by atoms with Crippen LogP contribution in [0.4, 0.5) is 0 Å². The van der Waals surface area contributed by atoms with Crippen LogP contribution in [0.1, 0.15) is 29.9 Å². The molecular formula is C13H13BrO2. The SMILES string of the molecule is CCc1cccc(C(O)c2ccc(Br)o2)c1. The first-order valence-electron chi connectivity index (χ1n) is 5.23. The Morgan fingerprint density at radius 3 is 2.75 bits per heavy atom. The van der Waals surface area contributed by atoms with Gasteiger partial charge in [-0.25, -0.2) is 0 Å². The molecule has 0 saturated heterocycles. The molecule has 1 N–H and O–H groups in total. The average molecular weight is 281 g/mol. The van der Waals surface area contributed by atoms with Crippen molar-refractivity contribution in [3.05, 3.63) is 58.0 Å². The molecule has 0 radical (unpaired) electrons. The fourth-order valence-corrected chi connectivity index (χ4v) is 1.94. The van der Waals surface area contributed by atoms with Gasteiger partial charge in [0.2, 0.25) is 0 Å². The smallest absolute Gasteiger partial charge is 0.169 e. The highest BCUT2D eigenvalue weighted by Gasteiger charge is 2.14. The molecule has 0 aliphatic heterocycles. The van der Waals surface area contributed by atoms with E-state index in [4.69, 9.17) is 4.42 Å². The molecule has 1 heterocycles. The van der Waals surface area contributed by atoms with E-state index < -0.39 is 6.10 Å². The summed E-state index contributed by atoms with van der Waals surface area (Å²) in [6.07, 6.45) is 0.264. The Morgan fingerprint density at radius 1 is 1.31 bits per heavy atom. The van der Waals surface area contributed by atoms with Crippen molar-refractivity contribution in [2.45, 2.75) is 19.4 Å². The lowest BCUT2D eigenvalue weighted by Crippen LogP contribution is -1.98. The summed E-state index contributed by atoms with van der Waals surface area (Å²) in [7, 11) is 0. The van der Waals surface area contributed by atoms with Crippen molar-refractivity contribution < 1.29 is 9.52 Å². The van der Waals surface area contributed by atoms with Crippen molar-refractivity contribution in [2.24, 2.45) is 0 Å². The average Bonchev–Trinajstić information content (AvgIpc) is 2.75. The minimum atomic E-state index is -0.696. The number of hydrogen-bond acceptors (Lipinski definition) is 2. The van der Waals surface area contributed by atoms with Crippen LogP contribution >= 0.6 is 15.9 Å². The largest absolute Gasteiger partial charge is 0.451 e. The van der Waals surface area contributed by atoms with E-state index in [0.717, 1.165) is 12.0 Å². The van der Waals surface area contributed by atoms with Gasteiger partial charge < -0.3 is 9.52 Å². The van der Waals surface area contributed by atoms with Crippen LogP contribution in [0.3, 0.4) is 0 Å². The predicted octanol–water partition coefficient (Wildman–Crippen LogP) is 3.69. The van der Waals surface area contributed by atoms with Crippen molar-refractivity contribution in [1.29, 1.82) is 0 Å². The van der Waals surface area contributed by atoms with E-state index in [9.17, 15) is 5.11 Å². The Balaban J connectivity index is 2.29. The number of furan rings is 1. The lowest BCUT2D eigenvalue weighted by Gasteiger charge is -2.09. The van der Waals surface area contributed by atoms with E-state index in [1.807, 2.05) is 24.3 Å². The van der Waals surface area contributed by atoms with Gasteiger partial charge in [-0.3, -0.25) is 0 Å². The third kappa shape index (κ3) is 2.36. The minimum Gasteiger partial charge on any atom is -0.451 e. The van der Waals surface area contributed by atoms with Gasteiger partial charge in [0.05, 0.1) is 0 Å². The van der Waals surface area contributed by atoms with E-state index >= 15 is 0 Å². The van der Waals surface area contributed by atoms with Gasteiger partial charge in [0, 0.05) is 0 Å². The van der Waals surface area contributed by atoms with Crippen LogP contribution in [0.15, 0.2) is 45.5 Å². The summed E-state index contributed by atoms with van der Waals surface area (Å²) >= 11 is 3.22. The third-order valence-electron chi connectivity index (χ3n) is 2.54. The van der Waals surface area contributed by atoms with Crippen molar-refractivity contribution in [1.82, 2.24) is 0 Å². The molecule has 0 saturated carbocycles. The maximum atomic E-state index is 10.1. The second kappa shape index (κ2) is 4.85. The third-order valence-corrected chi connectivity index (χ3v) is 2.96. The van der Waals surface area contributed by atoms with Gasteiger partial charge >= 0.3 is 0 Å². The number of halogens is 1. The summed E-state index contributed by atoms with van der Waals surface area (Å²) in [6, 6.07) is 11.5. The molecule has 0 fully saturated rings. The summed E-state index contributed by atoms with van der Waals surface area (Å²) in [5, 5.41) is 10.1. The van der Waals surface area contributed by atoms with E-state index in [-0.39, 0.29) is 0 Å². The van der Waals surface area contributed by atoms with Crippen LogP contribution in [0, 0.1) is 0 Å². The van der Waals surface area contributed by atoms with Crippen molar-refractivity contribution in [3.8, 4) is 0 Å². The molecule has 1 atom stereocenters. The van der Waals surface area contributed by atoms with Crippen molar-refractivity contribution >= 4 is 15.9 Å². The second-order valence-corrected chi connectivity index (χ2v) is 4.42. The van der Waals surface area contributed by atoms with Crippen molar-refractivity contribution in [3.63, 3.8) is 0 Å². The number of aliphatic hydroxyl groups excluding tert-OH is 1. The Hall–Kier alpha value is -1.06. The Labute approximate surface area is 103 Å². The first-order chi connectivity index (χ1) is 7.70. The molecule has 1 aromatic heterocycles. The zero-order chi connectivity index (χ0) is 11.5. The monoisotopic (exact) mass is 280 g/mol. The highest BCUT2D eigenvalue weighted by Crippen LogP contribution is 2.26. The number of hydrogen-bond donors (Lipinski definition) is 1. The fourth-order valence-electron chi connectivity index (χ4n) is 1.62. The molecule has 2 nitrogen and oxygen atoms in total. The molecule has 16 heavy (non-hydrogen) atoms. The first kappa shape index (κ1) is 11.4. The summed E-state index contributed by atoms with van der Waals surface area (Å²) in [5.41, 5.74) is 2.07. The quantitative estimate of drug-likeness (QED) is 0.930. The molecule has 0 aliphatic carbocycles. The molecule has 3 heteroatoms. The van der Waals surface area contributed by atoms with E-state index in [1.165, 1.54) is 5.56 Å². The second-order valence-electron chi connectivity index (χ2n) is 3.64. The topological polar surface area (TPSA) is 33.4 Å². The standard InChI is InChI=1S/C13H13BrO2/c1-2-9-4-3-5-10(8-9)13(15)11-6-7-12(14)16-11/h3-8,13,15H,2H2,1H3. The zero-order valence-electron chi connectivity index (χ0n) is 8.98. The molecule has 0 bridgehead atoms. The van der Waals surface area contributed by atoms with Gasteiger partial charge in [0.25, 0.3) is 0 Å². The molecule has 1 aromatic carbocycles. The first-order valence-corrected chi connectivity index (χ1v) is 6.02. The summed E-state index contributed by atoms with van der Waals surface area (Å²) < 4.78 is 5.97. The highest BCUT2D eigenvalue weighted by atomic mass is 79.9. The van der Waals surface area contributed by atoms with Gasteiger partial charge in [-0.1, -0.05) is 31.2 Å². The predicted molar refractivity (Wildman–Crippen MR) is 66.3 cm³/mol. The van der Waals surface area contributed by atoms with Crippen LogP contribution in [0.2, 0.25) is 0 Å². The molecular weight excluding hydrogens is 268 g/mol. The summed E-state index contributed by atoms with van der Waals surface area (Å²) in [6.45, 7) is 2.09. The summed E-state index contributed by atoms with van der Waals surface area (Å²) in [4.78, 5) is 0. The van der Waals surface area contributed by atoms with Crippen LogP contribution < -0.4 is 0 Å². The number of aryl methyl sites for hydroxylation is 1.